The van der Waals surface area contributed by atoms with Crippen molar-refractivity contribution in [2.24, 2.45) is 17.8 Å². The predicted molar refractivity (Wildman–Crippen MR) is 74.5 cm³/mol. The van der Waals surface area contributed by atoms with Gasteiger partial charge in [-0.2, -0.15) is 0 Å². The van der Waals surface area contributed by atoms with Gasteiger partial charge in [-0.05, 0) is 56.8 Å². The van der Waals surface area contributed by atoms with E-state index in [0.717, 1.165) is 37.7 Å². The molecule has 0 spiro atoms. The first-order valence-electron chi connectivity index (χ1n) is 7.73. The third kappa shape index (κ3) is 2.91. The summed E-state index contributed by atoms with van der Waals surface area (Å²) in [6.07, 6.45) is 6.36. The van der Waals surface area contributed by atoms with E-state index in [1.54, 1.807) is 0 Å². The zero-order valence-electron chi connectivity index (χ0n) is 12.5. The van der Waals surface area contributed by atoms with Gasteiger partial charge in [0.2, 0.25) is 0 Å². The average Bonchev–Trinajstić information content (AvgIpc) is 2.27. The highest BCUT2D eigenvalue weighted by atomic mass is 16.5. The summed E-state index contributed by atoms with van der Waals surface area (Å²) in [7, 11) is 0. The molecular formula is C16H30O2. The van der Waals surface area contributed by atoms with E-state index < -0.39 is 5.60 Å². The van der Waals surface area contributed by atoms with Crippen molar-refractivity contribution in [2.75, 3.05) is 6.61 Å². The summed E-state index contributed by atoms with van der Waals surface area (Å²) in [5.74, 6) is 2.00. The van der Waals surface area contributed by atoms with Crippen molar-refractivity contribution in [2.45, 2.75) is 77.4 Å². The molecule has 1 saturated carbocycles. The van der Waals surface area contributed by atoms with E-state index in [9.17, 15) is 5.11 Å². The van der Waals surface area contributed by atoms with Crippen molar-refractivity contribution in [3.63, 3.8) is 0 Å². The largest absolute Gasteiger partial charge is 0.389 e. The van der Waals surface area contributed by atoms with E-state index in [4.69, 9.17) is 4.74 Å². The zero-order chi connectivity index (χ0) is 13.4. The first kappa shape index (κ1) is 14.3. The Bertz CT molecular complexity index is 281. The highest BCUT2D eigenvalue weighted by Crippen LogP contribution is 2.46. The molecule has 2 rings (SSSR count). The Balaban J connectivity index is 2.10. The lowest BCUT2D eigenvalue weighted by atomic mass is 9.65. The van der Waals surface area contributed by atoms with E-state index >= 15 is 0 Å². The Labute approximate surface area is 112 Å². The van der Waals surface area contributed by atoms with E-state index in [1.807, 2.05) is 0 Å². The molecule has 0 aromatic heterocycles. The van der Waals surface area contributed by atoms with Gasteiger partial charge >= 0.3 is 0 Å². The average molecular weight is 254 g/mol. The van der Waals surface area contributed by atoms with Crippen LogP contribution in [0.2, 0.25) is 0 Å². The summed E-state index contributed by atoms with van der Waals surface area (Å²) in [6, 6.07) is 0. The minimum Gasteiger partial charge on any atom is -0.389 e. The fourth-order valence-electron chi connectivity index (χ4n) is 4.22. The molecule has 0 aromatic carbocycles. The molecule has 0 radical (unpaired) electrons. The molecule has 106 valence electrons. The molecule has 1 heterocycles. The Morgan fingerprint density at radius 2 is 1.78 bits per heavy atom. The second kappa shape index (κ2) is 5.13. The lowest BCUT2D eigenvalue weighted by Crippen LogP contribution is -2.52. The molecule has 4 atom stereocenters. The summed E-state index contributed by atoms with van der Waals surface area (Å²) in [4.78, 5) is 0. The zero-order valence-corrected chi connectivity index (χ0v) is 12.5. The van der Waals surface area contributed by atoms with Crippen LogP contribution in [0.4, 0.5) is 0 Å². The van der Waals surface area contributed by atoms with Crippen LogP contribution in [0, 0.1) is 17.8 Å². The van der Waals surface area contributed by atoms with E-state index in [-0.39, 0.29) is 5.60 Å². The first-order chi connectivity index (χ1) is 8.37. The molecule has 2 fully saturated rings. The smallest absolute Gasteiger partial charge is 0.0725 e. The van der Waals surface area contributed by atoms with Gasteiger partial charge in [-0.25, -0.2) is 0 Å². The standard InChI is InChI=1S/C16H30O2/c1-5-15(4)11-16(17,6-7-18-15)14-9-12(2)8-13(3)10-14/h12-14,17H,5-11H2,1-4H3. The van der Waals surface area contributed by atoms with Crippen molar-refractivity contribution in [3.8, 4) is 0 Å². The van der Waals surface area contributed by atoms with Gasteiger partial charge in [0.1, 0.15) is 0 Å². The van der Waals surface area contributed by atoms with Gasteiger partial charge in [0.25, 0.3) is 0 Å². The quantitative estimate of drug-likeness (QED) is 0.813. The second-order valence-corrected chi connectivity index (χ2v) is 7.30. The molecule has 1 aliphatic carbocycles. The van der Waals surface area contributed by atoms with Crippen LogP contribution < -0.4 is 0 Å². The van der Waals surface area contributed by atoms with E-state index in [1.165, 1.54) is 19.3 Å². The van der Waals surface area contributed by atoms with Gasteiger partial charge in [-0.1, -0.05) is 20.8 Å². The van der Waals surface area contributed by atoms with E-state index in [2.05, 4.69) is 27.7 Å². The van der Waals surface area contributed by atoms with Crippen molar-refractivity contribution < 1.29 is 9.84 Å². The molecule has 18 heavy (non-hydrogen) atoms. The topological polar surface area (TPSA) is 29.5 Å². The van der Waals surface area contributed by atoms with Crippen LogP contribution in [-0.4, -0.2) is 22.9 Å². The summed E-state index contributed by atoms with van der Waals surface area (Å²) in [6.45, 7) is 9.72. The normalized spacial score (nSPS) is 50.2. The van der Waals surface area contributed by atoms with Gasteiger partial charge in [0, 0.05) is 6.42 Å². The number of rotatable bonds is 2. The molecule has 1 N–H and O–H groups in total. The van der Waals surface area contributed by atoms with Crippen LogP contribution in [0.15, 0.2) is 0 Å². The first-order valence-corrected chi connectivity index (χ1v) is 7.73. The number of aliphatic hydroxyl groups is 1. The molecule has 1 saturated heterocycles. The van der Waals surface area contributed by atoms with E-state index in [0.29, 0.717) is 5.92 Å². The van der Waals surface area contributed by atoms with Gasteiger partial charge in [-0.15, -0.1) is 0 Å². The van der Waals surface area contributed by atoms with Crippen LogP contribution in [0.1, 0.15) is 66.2 Å². The monoisotopic (exact) mass is 254 g/mol. The van der Waals surface area contributed by atoms with Crippen LogP contribution in [0.25, 0.3) is 0 Å². The number of hydrogen-bond acceptors (Lipinski definition) is 2. The Kier molecular flexibility index (Phi) is 4.08. The maximum atomic E-state index is 11.1. The van der Waals surface area contributed by atoms with Crippen molar-refractivity contribution in [1.82, 2.24) is 0 Å². The summed E-state index contributed by atoms with van der Waals surface area (Å²) < 4.78 is 5.89. The number of hydrogen-bond donors (Lipinski definition) is 1. The molecule has 2 heteroatoms. The third-order valence-corrected chi connectivity index (χ3v) is 5.35. The van der Waals surface area contributed by atoms with Crippen LogP contribution in [0.3, 0.4) is 0 Å². The molecule has 1 aliphatic heterocycles. The summed E-state index contributed by atoms with van der Waals surface area (Å²) >= 11 is 0. The van der Waals surface area contributed by atoms with Gasteiger partial charge in [0.05, 0.1) is 17.8 Å². The minimum atomic E-state index is -0.480. The van der Waals surface area contributed by atoms with Crippen molar-refractivity contribution >= 4 is 0 Å². The molecule has 2 nitrogen and oxygen atoms in total. The third-order valence-electron chi connectivity index (χ3n) is 5.35. The SMILES string of the molecule is CCC1(C)CC(O)(C2CC(C)CC(C)C2)CCO1. The minimum absolute atomic E-state index is 0.114. The molecule has 0 aromatic rings. The number of ether oxygens (including phenoxy) is 1. The Morgan fingerprint density at radius 1 is 1.17 bits per heavy atom. The maximum Gasteiger partial charge on any atom is 0.0725 e. The lowest BCUT2D eigenvalue weighted by Gasteiger charge is -2.49. The van der Waals surface area contributed by atoms with Crippen LogP contribution in [0.5, 0.6) is 0 Å². The Morgan fingerprint density at radius 3 is 2.33 bits per heavy atom. The fraction of sp³-hybridized carbons (Fsp3) is 1.00. The van der Waals surface area contributed by atoms with Crippen LogP contribution in [-0.2, 0) is 4.74 Å². The van der Waals surface area contributed by atoms with Gasteiger partial charge in [-0.3, -0.25) is 0 Å². The van der Waals surface area contributed by atoms with Gasteiger partial charge < -0.3 is 9.84 Å². The van der Waals surface area contributed by atoms with Crippen molar-refractivity contribution in [3.05, 3.63) is 0 Å². The molecule has 2 aliphatic rings. The fourth-order valence-corrected chi connectivity index (χ4v) is 4.22. The maximum absolute atomic E-state index is 11.1. The van der Waals surface area contributed by atoms with Crippen LogP contribution >= 0.6 is 0 Å². The molecule has 4 unspecified atom stereocenters. The predicted octanol–water partition coefficient (Wildman–Crippen LogP) is 3.77. The summed E-state index contributed by atoms with van der Waals surface area (Å²) in [5, 5.41) is 11.1. The molecule has 0 amide bonds. The van der Waals surface area contributed by atoms with Crippen molar-refractivity contribution in [1.29, 1.82) is 0 Å². The highest BCUT2D eigenvalue weighted by molar-refractivity contribution is 4.98. The Hall–Kier alpha value is -0.0800. The highest BCUT2D eigenvalue weighted by Gasteiger charge is 2.47. The molecular weight excluding hydrogens is 224 g/mol. The lowest BCUT2D eigenvalue weighted by molar-refractivity contribution is -0.181. The van der Waals surface area contributed by atoms with Gasteiger partial charge in [0.15, 0.2) is 0 Å². The second-order valence-electron chi connectivity index (χ2n) is 7.30. The summed E-state index contributed by atoms with van der Waals surface area (Å²) in [5.41, 5.74) is -0.594. The molecule has 0 bridgehead atoms.